The van der Waals surface area contributed by atoms with Crippen molar-refractivity contribution in [1.29, 1.82) is 0 Å². The molecule has 2 heterocycles. The Morgan fingerprint density at radius 3 is 2.88 bits per heavy atom. The number of para-hydroxylation sites is 1. The quantitative estimate of drug-likeness (QED) is 0.828. The van der Waals surface area contributed by atoms with Crippen LogP contribution in [0.5, 0.6) is 0 Å². The van der Waals surface area contributed by atoms with E-state index in [1.165, 1.54) is 6.07 Å². The molecule has 7 heteroatoms. The summed E-state index contributed by atoms with van der Waals surface area (Å²) in [6.07, 6.45) is 2.09. The highest BCUT2D eigenvalue weighted by Gasteiger charge is 2.39. The molecule has 3 rings (SSSR count). The van der Waals surface area contributed by atoms with Crippen LogP contribution in [0.1, 0.15) is 18.7 Å². The maximum atomic E-state index is 13.8. The zero-order chi connectivity index (χ0) is 17.9. The number of nitrogens with one attached hydrogen (secondary N) is 2. The maximum Gasteiger partial charge on any atom is 0.228 e. The van der Waals surface area contributed by atoms with Gasteiger partial charge in [-0.1, -0.05) is 6.07 Å². The van der Waals surface area contributed by atoms with Crippen LogP contribution in [0.15, 0.2) is 18.2 Å². The molecule has 0 spiro atoms. The molecule has 25 heavy (non-hydrogen) atoms. The number of benzene rings is 1. The van der Waals surface area contributed by atoms with E-state index in [2.05, 4.69) is 15.6 Å². The van der Waals surface area contributed by atoms with Crippen LogP contribution in [0.3, 0.4) is 0 Å². The van der Waals surface area contributed by atoms with Crippen LogP contribution in [0.2, 0.25) is 0 Å². The van der Waals surface area contributed by atoms with Gasteiger partial charge in [0.05, 0.1) is 17.5 Å². The summed E-state index contributed by atoms with van der Waals surface area (Å²) in [5, 5.41) is 6.30. The minimum Gasteiger partial charge on any atom is -0.384 e. The molecular formula is C18H25FN4O2. The van der Waals surface area contributed by atoms with Gasteiger partial charge in [0.25, 0.3) is 0 Å². The lowest BCUT2D eigenvalue weighted by atomic mass is 9.78. The Morgan fingerprint density at radius 2 is 2.20 bits per heavy atom. The van der Waals surface area contributed by atoms with Crippen LogP contribution >= 0.6 is 0 Å². The largest absolute Gasteiger partial charge is 0.384 e. The Bertz CT molecular complexity index is 747. The highest BCUT2D eigenvalue weighted by atomic mass is 19.1. The average molecular weight is 348 g/mol. The zero-order valence-electron chi connectivity index (χ0n) is 14.8. The number of halogens is 1. The van der Waals surface area contributed by atoms with Crippen LogP contribution in [-0.4, -0.2) is 48.8 Å². The second kappa shape index (κ2) is 7.49. The first-order valence-electron chi connectivity index (χ1n) is 8.65. The molecule has 1 aromatic heterocycles. The van der Waals surface area contributed by atoms with Crippen molar-refractivity contribution in [2.75, 3.05) is 33.4 Å². The molecular weight excluding hydrogens is 323 g/mol. The summed E-state index contributed by atoms with van der Waals surface area (Å²) >= 11 is 0. The third-order valence-corrected chi connectivity index (χ3v) is 5.05. The summed E-state index contributed by atoms with van der Waals surface area (Å²) in [6, 6.07) is 4.93. The second-order valence-electron chi connectivity index (χ2n) is 6.66. The Balaban J connectivity index is 1.65. The molecule has 1 aromatic carbocycles. The average Bonchev–Trinajstić information content (AvgIpc) is 2.94. The number of rotatable bonds is 6. The number of hydrogen-bond acceptors (Lipinski definition) is 4. The van der Waals surface area contributed by atoms with E-state index in [0.29, 0.717) is 25.1 Å². The minimum absolute atomic E-state index is 0.0285. The van der Waals surface area contributed by atoms with Gasteiger partial charge in [-0.25, -0.2) is 9.37 Å². The van der Waals surface area contributed by atoms with Gasteiger partial charge in [-0.15, -0.1) is 0 Å². The number of fused-ring (bicyclic) bond motifs is 1. The lowest BCUT2D eigenvalue weighted by Gasteiger charge is -2.35. The normalized spacial score (nSPS) is 16.9. The molecule has 1 aliphatic heterocycles. The van der Waals surface area contributed by atoms with Crippen LogP contribution < -0.4 is 10.6 Å². The molecule has 1 aliphatic rings. The summed E-state index contributed by atoms with van der Waals surface area (Å²) in [4.78, 5) is 17.1. The van der Waals surface area contributed by atoms with E-state index in [0.717, 1.165) is 37.3 Å². The molecule has 2 aromatic rings. The Labute approximate surface area is 146 Å². The van der Waals surface area contributed by atoms with Crippen molar-refractivity contribution in [1.82, 2.24) is 20.2 Å². The molecule has 0 atom stereocenters. The molecule has 1 fully saturated rings. The first kappa shape index (κ1) is 17.8. The van der Waals surface area contributed by atoms with Gasteiger partial charge >= 0.3 is 0 Å². The van der Waals surface area contributed by atoms with Gasteiger partial charge in [0.15, 0.2) is 5.82 Å². The summed E-state index contributed by atoms with van der Waals surface area (Å²) in [7, 11) is 3.50. The number of imidazole rings is 1. The fourth-order valence-electron chi connectivity index (χ4n) is 3.55. The Kier molecular flexibility index (Phi) is 5.34. The van der Waals surface area contributed by atoms with Gasteiger partial charge in [0, 0.05) is 27.1 Å². The van der Waals surface area contributed by atoms with Crippen molar-refractivity contribution in [3.63, 3.8) is 0 Å². The Hall–Kier alpha value is -1.99. The van der Waals surface area contributed by atoms with E-state index in [1.807, 2.05) is 17.7 Å². The fourth-order valence-corrected chi connectivity index (χ4v) is 3.55. The highest BCUT2D eigenvalue weighted by molar-refractivity contribution is 5.83. The van der Waals surface area contributed by atoms with Gasteiger partial charge < -0.3 is 19.9 Å². The lowest BCUT2D eigenvalue weighted by Crippen LogP contribution is -2.50. The third-order valence-electron chi connectivity index (χ3n) is 5.05. The van der Waals surface area contributed by atoms with Crippen LogP contribution in [-0.2, 0) is 23.0 Å². The summed E-state index contributed by atoms with van der Waals surface area (Å²) < 4.78 is 21.0. The molecule has 2 N–H and O–H groups in total. The molecule has 0 bridgehead atoms. The number of amides is 1. The summed E-state index contributed by atoms with van der Waals surface area (Å²) in [5.74, 6) is 0.462. The van der Waals surface area contributed by atoms with Crippen molar-refractivity contribution < 1.29 is 13.9 Å². The van der Waals surface area contributed by atoms with Gasteiger partial charge in [-0.2, -0.15) is 0 Å². The molecule has 136 valence electrons. The van der Waals surface area contributed by atoms with Crippen molar-refractivity contribution in [2.45, 2.75) is 19.3 Å². The topological polar surface area (TPSA) is 68.2 Å². The number of aromatic nitrogens is 2. The molecule has 1 saturated heterocycles. The molecule has 0 aliphatic carbocycles. The van der Waals surface area contributed by atoms with E-state index in [9.17, 15) is 9.18 Å². The predicted molar refractivity (Wildman–Crippen MR) is 93.8 cm³/mol. The van der Waals surface area contributed by atoms with E-state index < -0.39 is 5.41 Å². The second-order valence-corrected chi connectivity index (χ2v) is 6.66. The molecule has 0 unspecified atom stereocenters. The maximum absolute atomic E-state index is 13.8. The van der Waals surface area contributed by atoms with E-state index in [1.54, 1.807) is 13.2 Å². The SMILES string of the molecule is COCC1(C(=O)NCCc2nc3c(F)cccc3n2C)CCNCC1. The van der Waals surface area contributed by atoms with Crippen molar-refractivity contribution in [3.05, 3.63) is 29.8 Å². The van der Waals surface area contributed by atoms with Crippen molar-refractivity contribution in [3.8, 4) is 0 Å². The van der Waals surface area contributed by atoms with Gasteiger partial charge in [-0.3, -0.25) is 4.79 Å². The van der Waals surface area contributed by atoms with Crippen LogP contribution in [0.4, 0.5) is 4.39 Å². The number of carbonyl (C=O) groups is 1. The number of methoxy groups -OCH3 is 1. The van der Waals surface area contributed by atoms with Gasteiger partial charge in [0.1, 0.15) is 11.3 Å². The predicted octanol–water partition coefficient (Wildman–Crippen LogP) is 1.39. The number of aryl methyl sites for hydroxylation is 1. The fraction of sp³-hybridized carbons (Fsp3) is 0.556. The number of carbonyl (C=O) groups excluding carboxylic acids is 1. The smallest absolute Gasteiger partial charge is 0.228 e. The van der Waals surface area contributed by atoms with E-state index in [4.69, 9.17) is 4.74 Å². The lowest BCUT2D eigenvalue weighted by molar-refractivity contribution is -0.136. The number of hydrogen-bond donors (Lipinski definition) is 2. The monoisotopic (exact) mass is 348 g/mol. The molecule has 0 saturated carbocycles. The van der Waals surface area contributed by atoms with Crippen molar-refractivity contribution >= 4 is 16.9 Å². The molecule has 1 amide bonds. The van der Waals surface area contributed by atoms with E-state index >= 15 is 0 Å². The molecule has 6 nitrogen and oxygen atoms in total. The first-order chi connectivity index (χ1) is 12.1. The first-order valence-corrected chi connectivity index (χ1v) is 8.65. The zero-order valence-corrected chi connectivity index (χ0v) is 14.8. The van der Waals surface area contributed by atoms with Crippen molar-refractivity contribution in [2.24, 2.45) is 12.5 Å². The van der Waals surface area contributed by atoms with Gasteiger partial charge in [0.2, 0.25) is 5.91 Å². The summed E-state index contributed by atoms with van der Waals surface area (Å²) in [5.41, 5.74) is 0.675. The standard InChI is InChI=1S/C18H25FN4O2/c1-23-14-5-3-4-13(19)16(14)22-15(23)6-9-21-17(24)18(12-25-2)7-10-20-11-8-18/h3-5,20H,6-12H2,1-2H3,(H,21,24). The summed E-state index contributed by atoms with van der Waals surface area (Å²) in [6.45, 7) is 2.54. The number of piperidine rings is 1. The van der Waals surface area contributed by atoms with Crippen LogP contribution in [0.25, 0.3) is 11.0 Å². The molecule has 0 radical (unpaired) electrons. The van der Waals surface area contributed by atoms with Crippen LogP contribution in [0, 0.1) is 11.2 Å². The highest BCUT2D eigenvalue weighted by Crippen LogP contribution is 2.29. The number of nitrogens with zero attached hydrogens (tertiary/aromatic N) is 2. The van der Waals surface area contributed by atoms with Gasteiger partial charge in [-0.05, 0) is 38.1 Å². The number of ether oxygens (including phenoxy) is 1. The van der Waals surface area contributed by atoms with E-state index in [-0.39, 0.29) is 11.7 Å². The third kappa shape index (κ3) is 3.52. The Morgan fingerprint density at radius 1 is 1.44 bits per heavy atom. The minimum atomic E-state index is -0.460.